The molecule has 4 nitrogen and oxygen atoms in total. The Bertz CT molecular complexity index is 734. The molecule has 0 aromatic heterocycles. The van der Waals surface area contributed by atoms with Gasteiger partial charge in [-0.2, -0.15) is 0 Å². The summed E-state index contributed by atoms with van der Waals surface area (Å²) in [4.78, 5) is 24.1. The predicted molar refractivity (Wildman–Crippen MR) is 92.2 cm³/mol. The highest BCUT2D eigenvalue weighted by atomic mass is 16.6. The maximum absolute atomic E-state index is 12.6. The summed E-state index contributed by atoms with van der Waals surface area (Å²) in [5, 5.41) is 0. The van der Waals surface area contributed by atoms with E-state index in [9.17, 15) is 9.59 Å². The molecule has 0 radical (unpaired) electrons. The Labute approximate surface area is 141 Å². The Kier molecular flexibility index (Phi) is 5.90. The van der Waals surface area contributed by atoms with E-state index in [1.54, 1.807) is 50.2 Å². The van der Waals surface area contributed by atoms with Crippen LogP contribution in [-0.4, -0.2) is 24.5 Å². The molecule has 0 saturated heterocycles. The van der Waals surface area contributed by atoms with Crippen LogP contribution in [0.1, 0.15) is 29.8 Å². The molecule has 124 valence electrons. The third-order valence-corrected chi connectivity index (χ3v) is 3.30. The highest BCUT2D eigenvalue weighted by molar-refractivity contribution is 6.10. The molecule has 0 fully saturated rings. The van der Waals surface area contributed by atoms with Crippen LogP contribution in [0, 0.1) is 0 Å². The van der Waals surface area contributed by atoms with Gasteiger partial charge in [-0.25, -0.2) is 4.79 Å². The van der Waals surface area contributed by atoms with E-state index in [2.05, 4.69) is 6.58 Å². The van der Waals surface area contributed by atoms with Crippen molar-refractivity contribution in [3.05, 3.63) is 77.9 Å². The van der Waals surface area contributed by atoms with E-state index in [4.69, 9.17) is 9.47 Å². The molecule has 0 bridgehead atoms. The first-order chi connectivity index (χ1) is 11.5. The summed E-state index contributed by atoms with van der Waals surface area (Å²) in [6.45, 7) is 7.00. The number of hydrogen-bond donors (Lipinski definition) is 0. The number of para-hydroxylation sites is 1. The predicted octanol–water partition coefficient (Wildman–Crippen LogP) is 3.80. The Morgan fingerprint density at radius 2 is 1.67 bits per heavy atom. The second kappa shape index (κ2) is 8.11. The zero-order valence-electron chi connectivity index (χ0n) is 13.8. The average molecular weight is 324 g/mol. The molecule has 0 N–H and O–H groups in total. The zero-order valence-corrected chi connectivity index (χ0v) is 13.8. The molecule has 1 atom stereocenters. The molecular weight excluding hydrogens is 304 g/mol. The topological polar surface area (TPSA) is 52.6 Å². The SMILES string of the molecule is C=C(C)C(=O)OC(C)COc1ccccc1C(=O)c1ccccc1. The van der Waals surface area contributed by atoms with Gasteiger partial charge in [0.05, 0.1) is 5.56 Å². The highest BCUT2D eigenvalue weighted by Crippen LogP contribution is 2.22. The molecule has 0 saturated carbocycles. The first-order valence-corrected chi connectivity index (χ1v) is 7.67. The van der Waals surface area contributed by atoms with Crippen molar-refractivity contribution >= 4 is 11.8 Å². The van der Waals surface area contributed by atoms with Crippen LogP contribution in [0.3, 0.4) is 0 Å². The Morgan fingerprint density at radius 3 is 2.33 bits per heavy atom. The van der Waals surface area contributed by atoms with Crippen LogP contribution in [0.4, 0.5) is 0 Å². The fraction of sp³-hybridized carbons (Fsp3) is 0.200. The van der Waals surface area contributed by atoms with Gasteiger partial charge in [0, 0.05) is 11.1 Å². The van der Waals surface area contributed by atoms with Crippen molar-refractivity contribution in [2.24, 2.45) is 0 Å². The third kappa shape index (κ3) is 4.56. The summed E-state index contributed by atoms with van der Waals surface area (Å²) < 4.78 is 10.9. The highest BCUT2D eigenvalue weighted by Gasteiger charge is 2.16. The van der Waals surface area contributed by atoms with Crippen molar-refractivity contribution in [3.8, 4) is 5.75 Å². The molecule has 0 spiro atoms. The largest absolute Gasteiger partial charge is 0.489 e. The van der Waals surface area contributed by atoms with E-state index >= 15 is 0 Å². The van der Waals surface area contributed by atoms with Crippen LogP contribution in [-0.2, 0) is 9.53 Å². The smallest absolute Gasteiger partial charge is 0.333 e. The van der Waals surface area contributed by atoms with E-state index in [1.807, 2.05) is 18.2 Å². The van der Waals surface area contributed by atoms with Gasteiger partial charge in [-0.05, 0) is 26.0 Å². The molecule has 2 aromatic carbocycles. The molecule has 0 aliphatic heterocycles. The zero-order chi connectivity index (χ0) is 17.5. The van der Waals surface area contributed by atoms with E-state index in [1.165, 1.54) is 0 Å². The lowest BCUT2D eigenvalue weighted by atomic mass is 10.0. The number of ether oxygens (including phenoxy) is 2. The van der Waals surface area contributed by atoms with Crippen molar-refractivity contribution in [3.63, 3.8) is 0 Å². The molecule has 2 aromatic rings. The van der Waals surface area contributed by atoms with Gasteiger partial charge in [0.2, 0.25) is 0 Å². The molecule has 0 aliphatic carbocycles. The summed E-state index contributed by atoms with van der Waals surface area (Å²) in [5.41, 5.74) is 1.40. The van der Waals surface area contributed by atoms with Crippen LogP contribution in [0.15, 0.2) is 66.7 Å². The third-order valence-electron chi connectivity index (χ3n) is 3.30. The van der Waals surface area contributed by atoms with Crippen LogP contribution >= 0.6 is 0 Å². The summed E-state index contributed by atoms with van der Waals surface area (Å²) in [6.07, 6.45) is -0.450. The van der Waals surface area contributed by atoms with Gasteiger partial charge in [0.25, 0.3) is 0 Å². The van der Waals surface area contributed by atoms with E-state index in [0.29, 0.717) is 22.4 Å². The molecule has 0 heterocycles. The van der Waals surface area contributed by atoms with Crippen molar-refractivity contribution < 1.29 is 19.1 Å². The quantitative estimate of drug-likeness (QED) is 0.441. The molecule has 24 heavy (non-hydrogen) atoms. The first kappa shape index (κ1) is 17.5. The van der Waals surface area contributed by atoms with Crippen LogP contribution in [0.2, 0.25) is 0 Å². The van der Waals surface area contributed by atoms with Gasteiger partial charge < -0.3 is 9.47 Å². The number of carbonyl (C=O) groups is 2. The lowest BCUT2D eigenvalue weighted by molar-refractivity contribution is -0.144. The second-order valence-electron chi connectivity index (χ2n) is 5.50. The van der Waals surface area contributed by atoms with Crippen LogP contribution < -0.4 is 4.74 Å². The monoisotopic (exact) mass is 324 g/mol. The van der Waals surface area contributed by atoms with Crippen molar-refractivity contribution in [1.29, 1.82) is 0 Å². The lowest BCUT2D eigenvalue weighted by Crippen LogP contribution is -2.22. The van der Waals surface area contributed by atoms with Crippen molar-refractivity contribution in [2.75, 3.05) is 6.61 Å². The Balaban J connectivity index is 2.08. The van der Waals surface area contributed by atoms with E-state index < -0.39 is 12.1 Å². The maximum atomic E-state index is 12.6. The summed E-state index contributed by atoms with van der Waals surface area (Å²) in [6, 6.07) is 16.0. The normalized spacial score (nSPS) is 11.4. The number of benzene rings is 2. The van der Waals surface area contributed by atoms with Gasteiger partial charge in [0.15, 0.2) is 5.78 Å². The first-order valence-electron chi connectivity index (χ1n) is 7.67. The average Bonchev–Trinajstić information content (AvgIpc) is 2.60. The van der Waals surface area contributed by atoms with Crippen LogP contribution in [0.25, 0.3) is 0 Å². The molecule has 2 rings (SSSR count). The minimum atomic E-state index is -0.459. The molecular formula is C20H20O4. The summed E-state index contributed by atoms with van der Waals surface area (Å²) >= 11 is 0. The van der Waals surface area contributed by atoms with Gasteiger partial charge in [0.1, 0.15) is 18.5 Å². The lowest BCUT2D eigenvalue weighted by Gasteiger charge is -2.16. The standard InChI is InChI=1S/C20H20O4/c1-14(2)20(22)24-15(3)13-23-18-12-8-7-11-17(18)19(21)16-9-5-4-6-10-16/h4-12,15H,1,13H2,2-3H3. The summed E-state index contributed by atoms with van der Waals surface area (Å²) in [5.74, 6) is -0.109. The van der Waals surface area contributed by atoms with Crippen LogP contribution in [0.5, 0.6) is 5.75 Å². The second-order valence-corrected chi connectivity index (χ2v) is 5.50. The maximum Gasteiger partial charge on any atom is 0.333 e. The fourth-order valence-corrected chi connectivity index (χ4v) is 2.05. The van der Waals surface area contributed by atoms with Crippen molar-refractivity contribution in [1.82, 2.24) is 0 Å². The van der Waals surface area contributed by atoms with E-state index in [-0.39, 0.29) is 12.4 Å². The number of hydrogen-bond acceptors (Lipinski definition) is 4. The van der Waals surface area contributed by atoms with Crippen molar-refractivity contribution in [2.45, 2.75) is 20.0 Å². The summed E-state index contributed by atoms with van der Waals surface area (Å²) in [7, 11) is 0. The Hall–Kier alpha value is -2.88. The number of carbonyl (C=O) groups excluding carboxylic acids is 2. The molecule has 1 unspecified atom stereocenters. The van der Waals surface area contributed by atoms with Gasteiger partial charge in [-0.3, -0.25) is 4.79 Å². The molecule has 0 aliphatic rings. The fourth-order valence-electron chi connectivity index (χ4n) is 2.05. The van der Waals surface area contributed by atoms with Gasteiger partial charge in [-0.1, -0.05) is 49.0 Å². The van der Waals surface area contributed by atoms with Gasteiger partial charge >= 0.3 is 5.97 Å². The molecule has 0 amide bonds. The Morgan fingerprint density at radius 1 is 1.04 bits per heavy atom. The number of esters is 1. The minimum absolute atomic E-state index is 0.113. The van der Waals surface area contributed by atoms with Gasteiger partial charge in [-0.15, -0.1) is 0 Å². The number of ketones is 1. The minimum Gasteiger partial charge on any atom is -0.489 e. The van der Waals surface area contributed by atoms with E-state index in [0.717, 1.165) is 0 Å². The molecule has 4 heteroatoms. The number of rotatable bonds is 7.